The summed E-state index contributed by atoms with van der Waals surface area (Å²) in [5, 5.41) is 6.24. The van der Waals surface area contributed by atoms with Crippen molar-refractivity contribution in [1.29, 1.82) is 0 Å². The molecule has 1 amide bonds. The Morgan fingerprint density at radius 1 is 1.30 bits per heavy atom. The normalized spacial score (nSPS) is 18.8. The molecule has 2 heterocycles. The van der Waals surface area contributed by atoms with E-state index in [1.807, 2.05) is 14.1 Å². The lowest BCUT2D eigenvalue weighted by Gasteiger charge is -2.20. The number of hydrogen-bond acceptors (Lipinski definition) is 4. The molecule has 1 aromatic rings. The van der Waals surface area contributed by atoms with E-state index in [9.17, 15) is 18.0 Å². The van der Waals surface area contributed by atoms with E-state index >= 15 is 0 Å². The fourth-order valence-electron chi connectivity index (χ4n) is 2.58. The summed E-state index contributed by atoms with van der Waals surface area (Å²) in [6.07, 6.45) is -3.17. The predicted octanol–water partition coefficient (Wildman–Crippen LogP) is 0.512. The van der Waals surface area contributed by atoms with Crippen molar-refractivity contribution >= 4 is 5.91 Å². The Labute approximate surface area is 133 Å². The molecule has 0 atom stereocenters. The third-order valence-corrected chi connectivity index (χ3v) is 3.87. The zero-order valence-corrected chi connectivity index (χ0v) is 13.3. The topological polar surface area (TPSA) is 53.4 Å². The summed E-state index contributed by atoms with van der Waals surface area (Å²) in [6, 6.07) is 0.928. The van der Waals surface area contributed by atoms with Gasteiger partial charge in [-0.3, -0.25) is 9.48 Å². The van der Waals surface area contributed by atoms with Crippen LogP contribution in [0.1, 0.15) is 5.69 Å². The Morgan fingerprint density at radius 3 is 2.43 bits per heavy atom. The highest BCUT2D eigenvalue weighted by Crippen LogP contribution is 2.27. The van der Waals surface area contributed by atoms with Crippen molar-refractivity contribution in [2.24, 2.45) is 5.92 Å². The van der Waals surface area contributed by atoms with Crippen LogP contribution in [0, 0.1) is 5.92 Å². The quantitative estimate of drug-likeness (QED) is 0.872. The van der Waals surface area contributed by atoms with E-state index in [0.717, 1.165) is 19.2 Å². The molecule has 1 aliphatic rings. The van der Waals surface area contributed by atoms with Crippen LogP contribution in [0.3, 0.4) is 0 Å². The average Bonchev–Trinajstić information content (AvgIpc) is 2.86. The number of carbonyl (C=O) groups is 1. The van der Waals surface area contributed by atoms with Crippen molar-refractivity contribution in [3.8, 4) is 0 Å². The van der Waals surface area contributed by atoms with E-state index in [0.29, 0.717) is 13.1 Å². The third-order valence-electron chi connectivity index (χ3n) is 3.87. The summed E-state index contributed by atoms with van der Waals surface area (Å²) in [5.41, 5.74) is -0.921. The Morgan fingerprint density at radius 2 is 1.91 bits per heavy atom. The molecular weight excluding hydrogens is 311 g/mol. The van der Waals surface area contributed by atoms with E-state index in [4.69, 9.17) is 0 Å². The summed E-state index contributed by atoms with van der Waals surface area (Å²) in [7, 11) is 3.95. The first-order valence-electron chi connectivity index (χ1n) is 7.51. The van der Waals surface area contributed by atoms with Crippen molar-refractivity contribution in [2.45, 2.75) is 12.7 Å². The number of hydrogen-bond donors (Lipinski definition) is 1. The largest absolute Gasteiger partial charge is 0.435 e. The van der Waals surface area contributed by atoms with E-state index in [1.165, 1.54) is 10.9 Å². The second-order valence-electron chi connectivity index (χ2n) is 5.97. The number of nitrogens with zero attached hydrogens (tertiary/aromatic N) is 4. The van der Waals surface area contributed by atoms with Crippen LogP contribution in [0.25, 0.3) is 0 Å². The monoisotopic (exact) mass is 333 g/mol. The van der Waals surface area contributed by atoms with Crippen LogP contribution < -0.4 is 5.32 Å². The molecule has 0 unspecified atom stereocenters. The molecule has 1 aliphatic heterocycles. The molecule has 0 aliphatic carbocycles. The molecule has 0 bridgehead atoms. The number of nitrogens with one attached hydrogen (secondary N) is 1. The SMILES string of the molecule is CN1CCN(C)CC(C(=O)NCCn2ccc(C(F)(F)F)n2)C1. The number of halogens is 3. The van der Waals surface area contributed by atoms with E-state index in [2.05, 4.69) is 20.2 Å². The number of rotatable bonds is 4. The lowest BCUT2D eigenvalue weighted by atomic mass is 10.1. The van der Waals surface area contributed by atoms with E-state index in [-0.39, 0.29) is 24.9 Å². The zero-order chi connectivity index (χ0) is 17.0. The van der Waals surface area contributed by atoms with Crippen molar-refractivity contribution in [1.82, 2.24) is 24.9 Å². The van der Waals surface area contributed by atoms with Gasteiger partial charge in [0.25, 0.3) is 0 Å². The molecular formula is C14H22F3N5O. The lowest BCUT2D eigenvalue weighted by Crippen LogP contribution is -2.41. The predicted molar refractivity (Wildman–Crippen MR) is 78.7 cm³/mol. The summed E-state index contributed by atoms with van der Waals surface area (Å²) in [4.78, 5) is 16.4. The van der Waals surface area contributed by atoms with Gasteiger partial charge in [0.2, 0.25) is 5.91 Å². The van der Waals surface area contributed by atoms with E-state index in [1.54, 1.807) is 0 Å². The number of amides is 1. The van der Waals surface area contributed by atoms with Crippen LogP contribution in [0.4, 0.5) is 13.2 Å². The maximum absolute atomic E-state index is 12.5. The molecule has 23 heavy (non-hydrogen) atoms. The number of likely N-dealkylation sites (N-methyl/N-ethyl adjacent to an activating group) is 2. The number of alkyl halides is 3. The van der Waals surface area contributed by atoms with Gasteiger partial charge in [0.15, 0.2) is 5.69 Å². The minimum atomic E-state index is -4.44. The Balaban J connectivity index is 1.81. The molecule has 1 saturated heterocycles. The highest BCUT2D eigenvalue weighted by atomic mass is 19.4. The summed E-state index contributed by atoms with van der Waals surface area (Å²) >= 11 is 0. The van der Waals surface area contributed by atoms with Gasteiger partial charge in [-0.05, 0) is 20.2 Å². The molecule has 1 aromatic heterocycles. The van der Waals surface area contributed by atoms with Crippen LogP contribution in [-0.2, 0) is 17.5 Å². The van der Waals surface area contributed by atoms with Crippen molar-refractivity contribution in [2.75, 3.05) is 46.8 Å². The fraction of sp³-hybridized carbons (Fsp3) is 0.714. The molecule has 0 spiro atoms. The van der Waals surface area contributed by atoms with Gasteiger partial charge >= 0.3 is 6.18 Å². The standard InChI is InChI=1S/C14H22F3N5O/c1-20-7-8-21(2)10-11(9-20)13(23)18-4-6-22-5-3-12(19-22)14(15,16)17/h3,5,11H,4,6-10H2,1-2H3,(H,18,23). The molecule has 1 N–H and O–H groups in total. The van der Waals surface area contributed by atoms with Crippen molar-refractivity contribution < 1.29 is 18.0 Å². The fourth-order valence-corrected chi connectivity index (χ4v) is 2.58. The maximum atomic E-state index is 12.5. The van der Waals surface area contributed by atoms with Crippen LogP contribution in [0.15, 0.2) is 12.3 Å². The van der Waals surface area contributed by atoms with Gasteiger partial charge in [-0.2, -0.15) is 18.3 Å². The van der Waals surface area contributed by atoms with Crippen molar-refractivity contribution in [3.05, 3.63) is 18.0 Å². The van der Waals surface area contributed by atoms with Crippen LogP contribution in [-0.4, -0.2) is 72.3 Å². The molecule has 0 aromatic carbocycles. The minimum absolute atomic E-state index is 0.0752. The molecule has 130 valence electrons. The lowest BCUT2D eigenvalue weighted by molar-refractivity contribution is -0.141. The Hall–Kier alpha value is -1.61. The summed E-state index contributed by atoms with van der Waals surface area (Å²) < 4.78 is 38.5. The van der Waals surface area contributed by atoms with Gasteiger partial charge in [-0.1, -0.05) is 0 Å². The molecule has 9 heteroatoms. The number of carbonyl (C=O) groups excluding carboxylic acids is 1. The van der Waals surface area contributed by atoms with Gasteiger partial charge in [-0.15, -0.1) is 0 Å². The second-order valence-corrected chi connectivity index (χ2v) is 5.97. The van der Waals surface area contributed by atoms with Gasteiger partial charge in [0.1, 0.15) is 0 Å². The first-order valence-corrected chi connectivity index (χ1v) is 7.51. The second kappa shape index (κ2) is 7.31. The molecule has 0 saturated carbocycles. The van der Waals surface area contributed by atoms with Gasteiger partial charge in [-0.25, -0.2) is 0 Å². The molecule has 0 radical (unpaired) electrons. The molecule has 2 rings (SSSR count). The zero-order valence-electron chi connectivity index (χ0n) is 13.3. The Kier molecular flexibility index (Phi) is 5.64. The van der Waals surface area contributed by atoms with E-state index < -0.39 is 11.9 Å². The number of aromatic nitrogens is 2. The summed E-state index contributed by atoms with van der Waals surface area (Å²) in [6.45, 7) is 3.63. The van der Waals surface area contributed by atoms with Gasteiger partial charge < -0.3 is 15.1 Å². The molecule has 1 fully saturated rings. The smallest absolute Gasteiger partial charge is 0.354 e. The summed E-state index contributed by atoms with van der Waals surface area (Å²) in [5.74, 6) is -0.218. The average molecular weight is 333 g/mol. The molecule has 6 nitrogen and oxygen atoms in total. The minimum Gasteiger partial charge on any atom is -0.354 e. The van der Waals surface area contributed by atoms with Crippen molar-refractivity contribution in [3.63, 3.8) is 0 Å². The van der Waals surface area contributed by atoms with Crippen LogP contribution in [0.5, 0.6) is 0 Å². The van der Waals surface area contributed by atoms with Crippen LogP contribution >= 0.6 is 0 Å². The van der Waals surface area contributed by atoms with Gasteiger partial charge in [0, 0.05) is 38.9 Å². The highest BCUT2D eigenvalue weighted by molar-refractivity contribution is 5.79. The highest BCUT2D eigenvalue weighted by Gasteiger charge is 2.33. The van der Waals surface area contributed by atoms with Gasteiger partial charge in [0.05, 0.1) is 12.5 Å². The third kappa shape index (κ3) is 5.21. The van der Waals surface area contributed by atoms with Crippen LogP contribution in [0.2, 0.25) is 0 Å². The maximum Gasteiger partial charge on any atom is 0.435 e. The first kappa shape index (κ1) is 17.7. The Bertz CT molecular complexity index is 519. The first-order chi connectivity index (χ1) is 10.8.